The highest BCUT2D eigenvalue weighted by molar-refractivity contribution is 5.22. The molecule has 24 heavy (non-hydrogen) atoms. The molecule has 1 aromatic carbocycles. The van der Waals surface area contributed by atoms with E-state index in [4.69, 9.17) is 4.74 Å². The van der Waals surface area contributed by atoms with Crippen LogP contribution >= 0.6 is 0 Å². The fraction of sp³-hybridized carbons (Fsp3) is 0.526. The van der Waals surface area contributed by atoms with Gasteiger partial charge in [-0.25, -0.2) is 0 Å². The van der Waals surface area contributed by atoms with Gasteiger partial charge in [0.2, 0.25) is 0 Å². The van der Waals surface area contributed by atoms with Crippen LogP contribution in [0.15, 0.2) is 42.7 Å². The Bertz CT molecular complexity index is 594. The van der Waals surface area contributed by atoms with Crippen molar-refractivity contribution in [1.29, 1.82) is 0 Å². The molecule has 1 fully saturated rings. The molecule has 0 radical (unpaired) electrons. The smallest absolute Gasteiger partial charge is 0.0714 e. The molecular formula is C19H28N4O. The molecule has 1 aromatic heterocycles. The van der Waals surface area contributed by atoms with Crippen molar-refractivity contribution in [1.82, 2.24) is 19.6 Å². The molecule has 0 spiro atoms. The SMILES string of the molecule is CN(C)CCC1CN(Cc2ccc(Cn3cccn3)cc2)CCO1. The summed E-state index contributed by atoms with van der Waals surface area (Å²) in [7, 11) is 4.23. The van der Waals surface area contributed by atoms with Crippen molar-refractivity contribution in [3.8, 4) is 0 Å². The lowest BCUT2D eigenvalue weighted by molar-refractivity contribution is -0.0370. The number of hydrogen-bond acceptors (Lipinski definition) is 4. The Balaban J connectivity index is 1.50. The zero-order chi connectivity index (χ0) is 16.8. The van der Waals surface area contributed by atoms with Crippen LogP contribution in [0, 0.1) is 0 Å². The molecule has 130 valence electrons. The average Bonchev–Trinajstić information content (AvgIpc) is 3.08. The Morgan fingerprint density at radius 2 is 1.92 bits per heavy atom. The summed E-state index contributed by atoms with van der Waals surface area (Å²) in [6.07, 6.45) is 5.28. The molecule has 0 amide bonds. The van der Waals surface area contributed by atoms with Crippen LogP contribution in [0.4, 0.5) is 0 Å². The van der Waals surface area contributed by atoms with Crippen LogP contribution in [-0.2, 0) is 17.8 Å². The summed E-state index contributed by atoms with van der Waals surface area (Å²) in [5.74, 6) is 0. The third-order valence-electron chi connectivity index (χ3n) is 4.45. The minimum absolute atomic E-state index is 0.361. The second-order valence-electron chi connectivity index (χ2n) is 6.84. The normalized spacial score (nSPS) is 19.0. The van der Waals surface area contributed by atoms with Crippen molar-refractivity contribution < 1.29 is 4.74 Å². The molecular weight excluding hydrogens is 300 g/mol. The number of ether oxygens (including phenoxy) is 1. The van der Waals surface area contributed by atoms with E-state index in [0.717, 1.165) is 45.8 Å². The van der Waals surface area contributed by atoms with Gasteiger partial charge in [-0.1, -0.05) is 24.3 Å². The van der Waals surface area contributed by atoms with Crippen molar-refractivity contribution in [2.24, 2.45) is 0 Å². The molecule has 1 aliphatic heterocycles. The van der Waals surface area contributed by atoms with E-state index >= 15 is 0 Å². The number of aromatic nitrogens is 2. The Kier molecular flexibility index (Phi) is 6.01. The van der Waals surface area contributed by atoms with Gasteiger partial charge in [0.15, 0.2) is 0 Å². The first-order chi connectivity index (χ1) is 11.7. The monoisotopic (exact) mass is 328 g/mol. The third-order valence-corrected chi connectivity index (χ3v) is 4.45. The van der Waals surface area contributed by atoms with Gasteiger partial charge in [-0.05, 0) is 37.7 Å². The highest BCUT2D eigenvalue weighted by atomic mass is 16.5. The van der Waals surface area contributed by atoms with Crippen LogP contribution in [0.5, 0.6) is 0 Å². The summed E-state index contributed by atoms with van der Waals surface area (Å²) < 4.78 is 7.85. The van der Waals surface area contributed by atoms with Gasteiger partial charge in [0.05, 0.1) is 19.3 Å². The second kappa shape index (κ2) is 8.42. The van der Waals surface area contributed by atoms with E-state index in [0.29, 0.717) is 6.10 Å². The first-order valence-corrected chi connectivity index (χ1v) is 8.73. The topological polar surface area (TPSA) is 33.5 Å². The standard InChI is InChI=1S/C19H28N4O/c1-21(2)11-8-19-16-22(12-13-24-19)14-17-4-6-18(7-5-17)15-23-10-3-9-20-23/h3-7,9-10,19H,8,11-16H2,1-2H3. The Hall–Kier alpha value is -1.69. The lowest BCUT2D eigenvalue weighted by Crippen LogP contribution is -2.42. The second-order valence-corrected chi connectivity index (χ2v) is 6.84. The lowest BCUT2D eigenvalue weighted by Gasteiger charge is -2.33. The fourth-order valence-electron chi connectivity index (χ4n) is 3.09. The van der Waals surface area contributed by atoms with Gasteiger partial charge >= 0.3 is 0 Å². The highest BCUT2D eigenvalue weighted by Gasteiger charge is 2.20. The van der Waals surface area contributed by atoms with Crippen molar-refractivity contribution in [3.05, 3.63) is 53.9 Å². The zero-order valence-electron chi connectivity index (χ0n) is 14.8. The highest BCUT2D eigenvalue weighted by Crippen LogP contribution is 2.14. The molecule has 0 bridgehead atoms. The quantitative estimate of drug-likeness (QED) is 0.779. The Morgan fingerprint density at radius 3 is 2.58 bits per heavy atom. The zero-order valence-corrected chi connectivity index (χ0v) is 14.8. The van der Waals surface area contributed by atoms with Gasteiger partial charge in [0, 0.05) is 38.6 Å². The Labute approximate surface area is 144 Å². The van der Waals surface area contributed by atoms with Crippen LogP contribution < -0.4 is 0 Å². The summed E-state index contributed by atoms with van der Waals surface area (Å²) in [6.45, 7) is 5.81. The molecule has 5 heteroatoms. The number of nitrogens with zero attached hydrogens (tertiary/aromatic N) is 4. The van der Waals surface area contributed by atoms with Crippen LogP contribution in [0.2, 0.25) is 0 Å². The lowest BCUT2D eigenvalue weighted by atomic mass is 10.1. The number of morpholine rings is 1. The Morgan fingerprint density at radius 1 is 1.17 bits per heavy atom. The number of rotatable bonds is 7. The number of benzene rings is 1. The largest absolute Gasteiger partial charge is 0.376 e. The van der Waals surface area contributed by atoms with Gasteiger partial charge < -0.3 is 9.64 Å². The maximum atomic E-state index is 5.90. The maximum absolute atomic E-state index is 5.90. The van der Waals surface area contributed by atoms with Crippen molar-refractivity contribution in [2.45, 2.75) is 25.6 Å². The van der Waals surface area contributed by atoms with Gasteiger partial charge in [-0.15, -0.1) is 0 Å². The van der Waals surface area contributed by atoms with E-state index in [1.807, 2.05) is 23.1 Å². The van der Waals surface area contributed by atoms with Gasteiger partial charge in [-0.3, -0.25) is 9.58 Å². The van der Waals surface area contributed by atoms with E-state index in [-0.39, 0.29) is 0 Å². The molecule has 1 saturated heterocycles. The van der Waals surface area contributed by atoms with Gasteiger partial charge in [-0.2, -0.15) is 5.10 Å². The molecule has 0 aliphatic carbocycles. The van der Waals surface area contributed by atoms with Crippen LogP contribution in [-0.4, -0.2) is 66.0 Å². The van der Waals surface area contributed by atoms with Gasteiger partial charge in [0.25, 0.3) is 0 Å². The van der Waals surface area contributed by atoms with Crippen molar-refractivity contribution in [3.63, 3.8) is 0 Å². The average molecular weight is 328 g/mol. The van der Waals surface area contributed by atoms with Gasteiger partial charge in [0.1, 0.15) is 0 Å². The molecule has 1 aliphatic rings. The maximum Gasteiger partial charge on any atom is 0.0714 e. The summed E-state index contributed by atoms with van der Waals surface area (Å²) in [6, 6.07) is 10.9. The van der Waals surface area contributed by atoms with Crippen LogP contribution in [0.25, 0.3) is 0 Å². The minimum atomic E-state index is 0.361. The van der Waals surface area contributed by atoms with E-state index in [1.54, 1.807) is 0 Å². The first-order valence-electron chi connectivity index (χ1n) is 8.73. The first kappa shape index (κ1) is 17.1. The molecule has 0 saturated carbocycles. The van der Waals surface area contributed by atoms with E-state index in [9.17, 15) is 0 Å². The van der Waals surface area contributed by atoms with Crippen LogP contribution in [0.1, 0.15) is 17.5 Å². The molecule has 0 N–H and O–H groups in total. The fourth-order valence-corrected chi connectivity index (χ4v) is 3.09. The van der Waals surface area contributed by atoms with Crippen molar-refractivity contribution in [2.75, 3.05) is 40.3 Å². The summed E-state index contributed by atoms with van der Waals surface area (Å²) in [5, 5.41) is 4.26. The van der Waals surface area contributed by atoms with E-state index in [1.165, 1.54) is 11.1 Å². The van der Waals surface area contributed by atoms with E-state index < -0.39 is 0 Å². The predicted octanol–water partition coefficient (Wildman–Crippen LogP) is 2.08. The molecule has 1 unspecified atom stereocenters. The molecule has 2 heterocycles. The van der Waals surface area contributed by atoms with E-state index in [2.05, 4.69) is 53.3 Å². The molecule has 3 rings (SSSR count). The third kappa shape index (κ3) is 5.16. The summed E-state index contributed by atoms with van der Waals surface area (Å²) >= 11 is 0. The van der Waals surface area contributed by atoms with Crippen molar-refractivity contribution >= 4 is 0 Å². The summed E-state index contributed by atoms with van der Waals surface area (Å²) in [5.41, 5.74) is 2.65. The molecule has 2 aromatic rings. The molecule has 5 nitrogen and oxygen atoms in total. The predicted molar refractivity (Wildman–Crippen MR) is 96.0 cm³/mol. The summed E-state index contributed by atoms with van der Waals surface area (Å²) in [4.78, 5) is 4.73. The molecule has 1 atom stereocenters. The number of hydrogen-bond donors (Lipinski definition) is 0. The van der Waals surface area contributed by atoms with Crippen LogP contribution in [0.3, 0.4) is 0 Å². The minimum Gasteiger partial charge on any atom is -0.376 e.